The molecule has 3 heterocycles. The number of piperidine rings is 1. The topological polar surface area (TPSA) is 105 Å². The lowest BCUT2D eigenvalue weighted by Crippen LogP contribution is -2.45. The number of rotatable bonds is 7. The summed E-state index contributed by atoms with van der Waals surface area (Å²) in [7, 11) is 0. The van der Waals surface area contributed by atoms with E-state index >= 15 is 0 Å². The summed E-state index contributed by atoms with van der Waals surface area (Å²) < 4.78 is 7.52. The summed E-state index contributed by atoms with van der Waals surface area (Å²) >= 11 is 1.28. The van der Waals surface area contributed by atoms with Gasteiger partial charge in [-0.1, -0.05) is 18.7 Å². The van der Waals surface area contributed by atoms with E-state index in [0.717, 1.165) is 31.2 Å². The Hall–Kier alpha value is -2.49. The van der Waals surface area contributed by atoms with E-state index in [1.54, 1.807) is 13.2 Å². The zero-order valence-corrected chi connectivity index (χ0v) is 18.7. The lowest BCUT2D eigenvalue weighted by Gasteiger charge is -2.31. The minimum Gasteiger partial charge on any atom is -0.467 e. The molecule has 3 amide bonds. The van der Waals surface area contributed by atoms with Gasteiger partial charge in [0.15, 0.2) is 5.16 Å². The molecular weight excluding hydrogens is 404 g/mol. The van der Waals surface area contributed by atoms with Gasteiger partial charge < -0.3 is 14.6 Å². The fourth-order valence-electron chi connectivity index (χ4n) is 3.39. The fraction of sp³-hybridized carbons (Fsp3) is 0.600. The normalized spacial score (nSPS) is 17.8. The first-order valence-corrected chi connectivity index (χ1v) is 11.2. The molecule has 164 valence electrons. The number of carbonyl (C=O) groups is 2. The van der Waals surface area contributed by atoms with Crippen LogP contribution in [0.4, 0.5) is 10.7 Å². The second-order valence-corrected chi connectivity index (χ2v) is 9.33. The summed E-state index contributed by atoms with van der Waals surface area (Å²) in [4.78, 5) is 26.5. The second kappa shape index (κ2) is 10.0. The van der Waals surface area contributed by atoms with Crippen molar-refractivity contribution in [2.45, 2.75) is 63.5 Å². The van der Waals surface area contributed by atoms with Crippen molar-refractivity contribution in [1.29, 1.82) is 0 Å². The highest BCUT2D eigenvalue weighted by Gasteiger charge is 2.26. The molecule has 0 aromatic carbocycles. The number of nitrogens with zero attached hydrogens (tertiary/aromatic N) is 4. The number of carbonyl (C=O) groups excluding carboxylic acids is 2. The van der Waals surface area contributed by atoms with Crippen LogP contribution in [0.15, 0.2) is 28.0 Å². The lowest BCUT2D eigenvalue weighted by atomic mass is 10.0. The van der Waals surface area contributed by atoms with Gasteiger partial charge in [0.25, 0.3) is 0 Å². The van der Waals surface area contributed by atoms with Crippen LogP contribution in [0.2, 0.25) is 0 Å². The van der Waals surface area contributed by atoms with Crippen molar-refractivity contribution in [3.8, 4) is 0 Å². The number of hydrogen-bond acceptors (Lipinski definition) is 7. The van der Waals surface area contributed by atoms with E-state index in [9.17, 15) is 9.59 Å². The molecule has 0 unspecified atom stereocenters. The van der Waals surface area contributed by atoms with Crippen molar-refractivity contribution in [2.75, 3.05) is 18.0 Å². The zero-order chi connectivity index (χ0) is 21.7. The third-order valence-electron chi connectivity index (χ3n) is 4.84. The number of nitrogens with one attached hydrogen (secondary N) is 2. The number of urea groups is 1. The number of furan rings is 1. The molecule has 0 radical (unpaired) electrons. The van der Waals surface area contributed by atoms with Gasteiger partial charge in [-0.15, -0.1) is 10.2 Å². The highest BCUT2D eigenvalue weighted by atomic mass is 32.2. The van der Waals surface area contributed by atoms with E-state index in [1.165, 1.54) is 18.2 Å². The van der Waals surface area contributed by atoms with Crippen molar-refractivity contribution < 1.29 is 14.0 Å². The van der Waals surface area contributed by atoms with Crippen LogP contribution in [0.3, 0.4) is 0 Å². The van der Waals surface area contributed by atoms with Crippen molar-refractivity contribution in [3.63, 3.8) is 0 Å². The molecule has 2 atom stereocenters. The van der Waals surface area contributed by atoms with Crippen LogP contribution in [0.25, 0.3) is 0 Å². The van der Waals surface area contributed by atoms with Gasteiger partial charge in [0.2, 0.25) is 11.9 Å². The van der Waals surface area contributed by atoms with Gasteiger partial charge >= 0.3 is 6.03 Å². The van der Waals surface area contributed by atoms with E-state index in [0.29, 0.717) is 17.6 Å². The van der Waals surface area contributed by atoms with Gasteiger partial charge in [0, 0.05) is 19.1 Å². The smallest absolute Gasteiger partial charge is 0.321 e. The van der Waals surface area contributed by atoms with E-state index in [4.69, 9.17) is 4.42 Å². The number of hydrogen-bond donors (Lipinski definition) is 2. The van der Waals surface area contributed by atoms with Crippen LogP contribution in [0, 0.1) is 5.92 Å². The Labute approximate surface area is 181 Å². The second-order valence-electron chi connectivity index (χ2n) is 8.02. The molecule has 30 heavy (non-hydrogen) atoms. The quantitative estimate of drug-likeness (QED) is 0.646. The molecular formula is C20H30N6O3S. The van der Waals surface area contributed by atoms with Crippen LogP contribution in [-0.4, -0.2) is 51.1 Å². The summed E-state index contributed by atoms with van der Waals surface area (Å²) in [5.41, 5.74) is 0. The van der Waals surface area contributed by atoms with Crippen LogP contribution >= 0.6 is 11.8 Å². The van der Waals surface area contributed by atoms with E-state index in [2.05, 4.69) is 32.7 Å². The van der Waals surface area contributed by atoms with Gasteiger partial charge in [0.1, 0.15) is 5.76 Å². The molecule has 0 aliphatic carbocycles. The third-order valence-corrected chi connectivity index (χ3v) is 5.92. The number of thioether (sulfide) groups is 1. The van der Waals surface area contributed by atoms with Gasteiger partial charge in [-0.05, 0) is 51.7 Å². The predicted molar refractivity (Wildman–Crippen MR) is 116 cm³/mol. The third kappa shape index (κ3) is 5.78. The Kier molecular flexibility index (Phi) is 7.41. The summed E-state index contributed by atoms with van der Waals surface area (Å²) in [6.07, 6.45) is 3.96. The predicted octanol–water partition coefficient (Wildman–Crippen LogP) is 2.87. The SMILES string of the molecule is CC(C)NC(=O)NC(=O)[C@@H](C)Sc1nnc(N2CCC[C@@H](C)C2)n1Cc1ccco1. The molecule has 2 N–H and O–H groups in total. The molecule has 3 rings (SSSR count). The molecule has 9 nitrogen and oxygen atoms in total. The van der Waals surface area contributed by atoms with Crippen LogP contribution < -0.4 is 15.5 Å². The molecule has 1 saturated heterocycles. The maximum absolute atomic E-state index is 12.4. The Morgan fingerprint density at radius 2 is 2.13 bits per heavy atom. The van der Waals surface area contributed by atoms with Crippen molar-refractivity contribution in [2.24, 2.45) is 5.92 Å². The Bertz CT molecular complexity index is 851. The Morgan fingerprint density at radius 1 is 1.33 bits per heavy atom. The van der Waals surface area contributed by atoms with Crippen molar-refractivity contribution in [3.05, 3.63) is 24.2 Å². The van der Waals surface area contributed by atoms with Gasteiger partial charge in [0.05, 0.1) is 18.1 Å². The lowest BCUT2D eigenvalue weighted by molar-refractivity contribution is -0.119. The van der Waals surface area contributed by atoms with E-state index < -0.39 is 11.3 Å². The molecule has 2 aromatic heterocycles. The van der Waals surface area contributed by atoms with Gasteiger partial charge in [-0.3, -0.25) is 14.7 Å². The number of amides is 3. The molecule has 0 bridgehead atoms. The highest BCUT2D eigenvalue weighted by molar-refractivity contribution is 8.00. The summed E-state index contributed by atoms with van der Waals surface area (Å²) in [5, 5.41) is 13.9. The summed E-state index contributed by atoms with van der Waals surface area (Å²) in [5.74, 6) is 1.79. The molecule has 2 aromatic rings. The summed E-state index contributed by atoms with van der Waals surface area (Å²) in [6, 6.07) is 3.20. The van der Waals surface area contributed by atoms with Crippen LogP contribution in [0.1, 0.15) is 46.3 Å². The number of imide groups is 1. The molecule has 1 aliphatic heterocycles. The zero-order valence-electron chi connectivity index (χ0n) is 17.9. The highest BCUT2D eigenvalue weighted by Crippen LogP contribution is 2.29. The molecule has 0 saturated carbocycles. The number of anilines is 1. The summed E-state index contributed by atoms with van der Waals surface area (Å²) in [6.45, 7) is 9.99. The van der Waals surface area contributed by atoms with Crippen LogP contribution in [-0.2, 0) is 11.3 Å². The van der Waals surface area contributed by atoms with E-state index in [-0.39, 0.29) is 11.9 Å². The maximum Gasteiger partial charge on any atom is 0.321 e. The van der Waals surface area contributed by atoms with Crippen molar-refractivity contribution in [1.82, 2.24) is 25.4 Å². The maximum atomic E-state index is 12.4. The Balaban J connectivity index is 1.76. The minimum atomic E-state index is -0.518. The first-order valence-electron chi connectivity index (χ1n) is 10.3. The fourth-order valence-corrected chi connectivity index (χ4v) is 4.24. The van der Waals surface area contributed by atoms with Gasteiger partial charge in [-0.2, -0.15) is 0 Å². The molecule has 1 aliphatic rings. The molecule has 10 heteroatoms. The average molecular weight is 435 g/mol. The van der Waals surface area contributed by atoms with Gasteiger partial charge in [-0.25, -0.2) is 4.79 Å². The minimum absolute atomic E-state index is 0.0494. The first kappa shape index (κ1) is 22.2. The van der Waals surface area contributed by atoms with Crippen molar-refractivity contribution >= 4 is 29.6 Å². The standard InChI is InChI=1S/C20H30N6O3S/c1-13(2)21-18(28)22-17(27)15(4)30-20-24-23-19(25-9-5-7-14(3)11-25)26(20)12-16-8-6-10-29-16/h6,8,10,13-15H,5,7,9,11-12H2,1-4H3,(H2,21,22,27,28)/t14-,15-/m1/s1. The first-order chi connectivity index (χ1) is 14.3. The Morgan fingerprint density at radius 3 is 2.80 bits per heavy atom. The largest absolute Gasteiger partial charge is 0.467 e. The number of aromatic nitrogens is 3. The molecule has 0 spiro atoms. The van der Waals surface area contributed by atoms with Crippen LogP contribution in [0.5, 0.6) is 0 Å². The monoisotopic (exact) mass is 434 g/mol. The van der Waals surface area contributed by atoms with E-state index in [1.807, 2.05) is 30.5 Å². The average Bonchev–Trinajstić information content (AvgIpc) is 3.32. The molecule has 1 fully saturated rings.